The van der Waals surface area contributed by atoms with Gasteiger partial charge in [-0.1, -0.05) is 54.6 Å². The molecule has 1 fully saturated rings. The van der Waals surface area contributed by atoms with Crippen molar-refractivity contribution in [1.29, 1.82) is 0 Å². The molecular weight excluding hydrogens is 498 g/mol. The second-order valence-corrected chi connectivity index (χ2v) is 10.9. The van der Waals surface area contributed by atoms with Crippen molar-refractivity contribution in [3.8, 4) is 0 Å². The maximum absolute atomic E-state index is 13.7. The minimum absolute atomic E-state index is 0.0996. The molecule has 5 aromatic rings. The molecule has 1 atom stereocenters. The first kappa shape index (κ1) is 26.0. The summed E-state index contributed by atoms with van der Waals surface area (Å²) >= 11 is 0. The number of rotatable bonds is 6. The molecule has 2 aromatic heterocycles. The first-order valence-corrected chi connectivity index (χ1v) is 13.9. The topological polar surface area (TPSA) is 82.9 Å². The first-order chi connectivity index (χ1) is 19.4. The molecule has 0 aliphatic carbocycles. The van der Waals surface area contributed by atoms with Crippen LogP contribution >= 0.6 is 0 Å². The van der Waals surface area contributed by atoms with Crippen molar-refractivity contribution in [1.82, 2.24) is 30.1 Å². The monoisotopic (exact) mass is 533 g/mol. The van der Waals surface area contributed by atoms with Gasteiger partial charge in [0.15, 0.2) is 5.82 Å². The zero-order valence-corrected chi connectivity index (χ0v) is 23.6. The number of tetrazole rings is 1. The molecule has 1 N–H and O–H groups in total. The van der Waals surface area contributed by atoms with Crippen LogP contribution in [0.25, 0.3) is 10.9 Å². The number of benzene rings is 3. The highest BCUT2D eigenvalue weighted by Gasteiger charge is 2.33. The molecule has 8 heteroatoms. The number of H-pyrrole nitrogens is 1. The Balaban J connectivity index is 1.41. The van der Waals surface area contributed by atoms with Crippen LogP contribution in [0.3, 0.4) is 0 Å². The van der Waals surface area contributed by atoms with E-state index in [9.17, 15) is 4.79 Å². The number of fused-ring (bicyclic) bond motifs is 1. The van der Waals surface area contributed by atoms with E-state index in [1.54, 1.807) is 0 Å². The van der Waals surface area contributed by atoms with Gasteiger partial charge in [0.2, 0.25) is 0 Å². The van der Waals surface area contributed by atoms with Crippen molar-refractivity contribution < 1.29 is 0 Å². The van der Waals surface area contributed by atoms with E-state index in [0.717, 1.165) is 53.8 Å². The van der Waals surface area contributed by atoms with Gasteiger partial charge >= 0.3 is 0 Å². The first-order valence-electron chi connectivity index (χ1n) is 13.9. The second-order valence-electron chi connectivity index (χ2n) is 10.9. The average molecular weight is 534 g/mol. The average Bonchev–Trinajstić information content (AvgIpc) is 3.41. The lowest BCUT2D eigenvalue weighted by molar-refractivity contribution is 0.200. The van der Waals surface area contributed by atoms with Crippen LogP contribution in [0.1, 0.15) is 45.2 Å². The number of aromatic nitrogens is 5. The van der Waals surface area contributed by atoms with E-state index in [1.165, 1.54) is 16.8 Å². The van der Waals surface area contributed by atoms with Gasteiger partial charge in [0.25, 0.3) is 5.56 Å². The third kappa shape index (κ3) is 4.79. The number of piperazine rings is 1. The number of anilines is 1. The van der Waals surface area contributed by atoms with E-state index in [1.807, 2.05) is 29.8 Å². The third-order valence-electron chi connectivity index (χ3n) is 8.34. The normalized spacial score (nSPS) is 15.1. The predicted octanol–water partition coefficient (Wildman–Crippen LogP) is 4.71. The zero-order valence-electron chi connectivity index (χ0n) is 23.6. The standard InChI is InChI=1S/C32H35N7O/c1-21-9-8-12-28(24(21)4)37-15-17-38(18-16-37)30(31-34-35-36-39(31)20-25-10-6-5-7-11-25)27-19-26-22(2)13-14-23(3)29(26)33-32(27)40/h5-14,19,30H,15-18,20H2,1-4H3,(H,33,40)/t30-/m1/s1. The van der Waals surface area contributed by atoms with Gasteiger partial charge in [-0.2, -0.15) is 0 Å². The Morgan fingerprint density at radius 2 is 1.60 bits per heavy atom. The Kier molecular flexibility index (Phi) is 6.94. The van der Waals surface area contributed by atoms with Gasteiger partial charge < -0.3 is 9.88 Å². The van der Waals surface area contributed by atoms with Gasteiger partial charge in [-0.25, -0.2) is 4.68 Å². The van der Waals surface area contributed by atoms with E-state index in [0.29, 0.717) is 17.9 Å². The predicted molar refractivity (Wildman–Crippen MR) is 159 cm³/mol. The fourth-order valence-corrected chi connectivity index (χ4v) is 5.87. The summed E-state index contributed by atoms with van der Waals surface area (Å²) in [6.45, 7) is 12.3. The molecule has 1 aliphatic rings. The maximum Gasteiger partial charge on any atom is 0.253 e. The quantitative estimate of drug-likeness (QED) is 0.341. The van der Waals surface area contributed by atoms with E-state index in [4.69, 9.17) is 0 Å². The fourth-order valence-electron chi connectivity index (χ4n) is 5.87. The molecule has 3 heterocycles. The van der Waals surface area contributed by atoms with Crippen molar-refractivity contribution in [3.05, 3.63) is 116 Å². The van der Waals surface area contributed by atoms with E-state index in [-0.39, 0.29) is 11.6 Å². The molecule has 8 nitrogen and oxygen atoms in total. The van der Waals surface area contributed by atoms with Gasteiger partial charge in [-0.3, -0.25) is 9.69 Å². The number of aryl methyl sites for hydroxylation is 3. The van der Waals surface area contributed by atoms with Crippen molar-refractivity contribution in [2.75, 3.05) is 31.1 Å². The summed E-state index contributed by atoms with van der Waals surface area (Å²) in [6.07, 6.45) is 0. The van der Waals surface area contributed by atoms with Crippen LogP contribution in [0.4, 0.5) is 5.69 Å². The highest BCUT2D eigenvalue weighted by Crippen LogP contribution is 2.31. The summed E-state index contributed by atoms with van der Waals surface area (Å²) < 4.78 is 1.84. The molecule has 0 unspecified atom stereocenters. The molecule has 0 spiro atoms. The van der Waals surface area contributed by atoms with Crippen molar-refractivity contribution in [2.24, 2.45) is 0 Å². The van der Waals surface area contributed by atoms with Crippen LogP contribution in [0.15, 0.2) is 71.5 Å². The zero-order chi connectivity index (χ0) is 27.8. The highest BCUT2D eigenvalue weighted by atomic mass is 16.1. The van der Waals surface area contributed by atoms with Crippen LogP contribution in [-0.2, 0) is 6.54 Å². The summed E-state index contributed by atoms with van der Waals surface area (Å²) in [4.78, 5) is 21.7. The lowest BCUT2D eigenvalue weighted by Crippen LogP contribution is -2.49. The Morgan fingerprint density at radius 3 is 2.38 bits per heavy atom. The Bertz CT molecular complexity index is 1720. The molecule has 6 rings (SSSR count). The minimum Gasteiger partial charge on any atom is -0.369 e. The third-order valence-corrected chi connectivity index (χ3v) is 8.34. The van der Waals surface area contributed by atoms with Crippen molar-refractivity contribution in [3.63, 3.8) is 0 Å². The van der Waals surface area contributed by atoms with E-state index < -0.39 is 0 Å². The number of aromatic amines is 1. The van der Waals surface area contributed by atoms with Gasteiger partial charge in [0.1, 0.15) is 6.04 Å². The van der Waals surface area contributed by atoms with E-state index >= 15 is 0 Å². The minimum atomic E-state index is -0.382. The van der Waals surface area contributed by atoms with Gasteiger partial charge in [0.05, 0.1) is 12.1 Å². The Hall–Kier alpha value is -4.30. The summed E-state index contributed by atoms with van der Waals surface area (Å²) in [6, 6.07) is 22.5. The lowest BCUT2D eigenvalue weighted by Gasteiger charge is -2.40. The smallest absolute Gasteiger partial charge is 0.253 e. The summed E-state index contributed by atoms with van der Waals surface area (Å²) in [7, 11) is 0. The van der Waals surface area contributed by atoms with Crippen LogP contribution in [0, 0.1) is 27.7 Å². The van der Waals surface area contributed by atoms with Crippen LogP contribution in [0.5, 0.6) is 0 Å². The Labute approximate surface area is 234 Å². The summed E-state index contributed by atoms with van der Waals surface area (Å²) in [5.41, 5.74) is 8.63. The van der Waals surface area contributed by atoms with Crippen LogP contribution < -0.4 is 10.5 Å². The van der Waals surface area contributed by atoms with Gasteiger partial charge in [0, 0.05) is 42.8 Å². The van der Waals surface area contributed by atoms with Crippen LogP contribution in [-0.4, -0.2) is 56.3 Å². The highest BCUT2D eigenvalue weighted by molar-refractivity contribution is 5.85. The second kappa shape index (κ2) is 10.7. The lowest BCUT2D eigenvalue weighted by atomic mass is 9.99. The molecule has 40 heavy (non-hydrogen) atoms. The Morgan fingerprint density at radius 1 is 0.850 bits per heavy atom. The number of hydrogen-bond donors (Lipinski definition) is 1. The molecule has 204 valence electrons. The molecule has 0 bridgehead atoms. The fraction of sp³-hybridized carbons (Fsp3) is 0.312. The molecule has 1 saturated heterocycles. The maximum atomic E-state index is 13.7. The van der Waals surface area contributed by atoms with E-state index in [2.05, 4.69) is 99.6 Å². The molecule has 1 aliphatic heterocycles. The van der Waals surface area contributed by atoms with Crippen molar-refractivity contribution in [2.45, 2.75) is 40.3 Å². The molecular formula is C32H35N7O. The summed E-state index contributed by atoms with van der Waals surface area (Å²) in [5.74, 6) is 0.680. The largest absolute Gasteiger partial charge is 0.369 e. The molecule has 0 amide bonds. The number of nitrogens with zero attached hydrogens (tertiary/aromatic N) is 6. The molecule has 0 saturated carbocycles. The van der Waals surface area contributed by atoms with Crippen LogP contribution in [0.2, 0.25) is 0 Å². The van der Waals surface area contributed by atoms with Gasteiger partial charge in [-0.15, -0.1) is 5.10 Å². The summed E-state index contributed by atoms with van der Waals surface area (Å²) in [5, 5.41) is 14.0. The van der Waals surface area contributed by atoms with Gasteiger partial charge in [-0.05, 0) is 78.1 Å². The molecule has 3 aromatic carbocycles. The molecule has 0 radical (unpaired) electrons. The number of pyridine rings is 1. The number of nitrogens with one attached hydrogen (secondary N) is 1. The van der Waals surface area contributed by atoms with Crippen molar-refractivity contribution >= 4 is 16.6 Å². The number of hydrogen-bond acceptors (Lipinski definition) is 6. The SMILES string of the molecule is Cc1cccc(N2CCN([C@H](c3cc4c(C)ccc(C)c4[nH]c3=O)c3nnnn3Cc3ccccc3)CC2)c1C.